The van der Waals surface area contributed by atoms with Crippen LogP contribution in [0.3, 0.4) is 0 Å². The standard InChI is InChI=1S/C22H24Si/c1-22(17-16-18-10-8-9-15-21(18)22)23(19-11-4-2-5-12-19)20-13-6-3-7-14-20/h2-9,11-15,18,23H,10,16-17H2,1H3. The van der Waals surface area contributed by atoms with E-state index in [1.54, 1.807) is 15.9 Å². The van der Waals surface area contributed by atoms with Crippen molar-refractivity contribution < 1.29 is 0 Å². The first kappa shape index (κ1) is 14.7. The van der Waals surface area contributed by atoms with E-state index in [2.05, 4.69) is 85.8 Å². The van der Waals surface area contributed by atoms with Crippen molar-refractivity contribution in [3.05, 3.63) is 84.5 Å². The second-order valence-corrected chi connectivity index (χ2v) is 10.7. The molecule has 0 amide bonds. The predicted molar refractivity (Wildman–Crippen MR) is 102 cm³/mol. The minimum Gasteiger partial charge on any atom is -0.0839 e. The molecule has 2 aromatic rings. The first-order valence-electron chi connectivity index (χ1n) is 8.76. The van der Waals surface area contributed by atoms with E-state index in [9.17, 15) is 0 Å². The van der Waals surface area contributed by atoms with Gasteiger partial charge in [-0.15, -0.1) is 0 Å². The van der Waals surface area contributed by atoms with E-state index in [0.717, 1.165) is 5.92 Å². The molecule has 0 saturated heterocycles. The Balaban J connectivity index is 1.86. The summed E-state index contributed by atoms with van der Waals surface area (Å²) in [6.07, 6.45) is 11.0. The molecule has 23 heavy (non-hydrogen) atoms. The van der Waals surface area contributed by atoms with E-state index < -0.39 is 8.80 Å². The first-order valence-corrected chi connectivity index (χ1v) is 10.5. The van der Waals surface area contributed by atoms with Crippen LogP contribution in [0.2, 0.25) is 5.04 Å². The lowest BCUT2D eigenvalue weighted by Gasteiger charge is -2.37. The van der Waals surface area contributed by atoms with Gasteiger partial charge in [0.15, 0.2) is 0 Å². The Kier molecular flexibility index (Phi) is 3.82. The highest BCUT2D eigenvalue weighted by atomic mass is 28.3. The Morgan fingerprint density at radius 3 is 2.13 bits per heavy atom. The van der Waals surface area contributed by atoms with Gasteiger partial charge in [-0.1, -0.05) is 102 Å². The minimum atomic E-state index is -1.31. The summed E-state index contributed by atoms with van der Waals surface area (Å²) < 4.78 is 0. The number of allylic oxidation sites excluding steroid dienone is 4. The average molecular weight is 317 g/mol. The zero-order valence-corrected chi connectivity index (χ0v) is 14.9. The van der Waals surface area contributed by atoms with Crippen LogP contribution >= 0.6 is 0 Å². The summed E-state index contributed by atoms with van der Waals surface area (Å²) >= 11 is 0. The van der Waals surface area contributed by atoms with Crippen molar-refractivity contribution in [2.75, 3.05) is 0 Å². The van der Waals surface area contributed by atoms with Crippen LogP contribution in [0.4, 0.5) is 0 Å². The average Bonchev–Trinajstić information content (AvgIpc) is 2.95. The van der Waals surface area contributed by atoms with E-state index in [1.807, 2.05) is 0 Å². The molecule has 0 N–H and O–H groups in total. The third kappa shape index (κ3) is 2.53. The maximum absolute atomic E-state index is 2.55. The molecule has 116 valence electrons. The summed E-state index contributed by atoms with van der Waals surface area (Å²) in [5, 5.41) is 3.52. The Labute approximate surface area is 141 Å². The van der Waals surface area contributed by atoms with Crippen molar-refractivity contribution in [1.82, 2.24) is 0 Å². The van der Waals surface area contributed by atoms with E-state index in [-0.39, 0.29) is 0 Å². The van der Waals surface area contributed by atoms with Crippen LogP contribution < -0.4 is 10.4 Å². The van der Waals surface area contributed by atoms with Gasteiger partial charge in [0.05, 0.1) is 0 Å². The normalized spacial score (nSPS) is 26.2. The molecular formula is C22H24Si. The van der Waals surface area contributed by atoms with Gasteiger partial charge in [-0.3, -0.25) is 0 Å². The fourth-order valence-electron chi connectivity index (χ4n) is 4.76. The van der Waals surface area contributed by atoms with Crippen molar-refractivity contribution in [2.24, 2.45) is 5.92 Å². The number of benzene rings is 2. The Morgan fingerprint density at radius 1 is 0.913 bits per heavy atom. The smallest absolute Gasteiger partial charge is 0.0839 e. The molecule has 2 aliphatic rings. The van der Waals surface area contributed by atoms with Crippen molar-refractivity contribution >= 4 is 19.2 Å². The highest BCUT2D eigenvalue weighted by molar-refractivity contribution is 6.88. The van der Waals surface area contributed by atoms with Crippen LogP contribution in [0.1, 0.15) is 26.2 Å². The molecule has 0 aromatic heterocycles. The van der Waals surface area contributed by atoms with Gasteiger partial charge in [0.2, 0.25) is 0 Å². The third-order valence-electron chi connectivity index (χ3n) is 5.85. The maximum atomic E-state index is 2.55. The lowest BCUT2D eigenvalue weighted by atomic mass is 9.91. The van der Waals surface area contributed by atoms with Crippen LogP contribution in [-0.2, 0) is 0 Å². The van der Waals surface area contributed by atoms with Crippen LogP contribution in [-0.4, -0.2) is 8.80 Å². The third-order valence-corrected chi connectivity index (χ3v) is 9.85. The van der Waals surface area contributed by atoms with Crippen molar-refractivity contribution in [3.63, 3.8) is 0 Å². The van der Waals surface area contributed by atoms with Gasteiger partial charge >= 0.3 is 0 Å². The van der Waals surface area contributed by atoms with E-state index in [0.29, 0.717) is 5.04 Å². The Hall–Kier alpha value is -1.86. The second-order valence-electron chi connectivity index (χ2n) is 7.19. The highest BCUT2D eigenvalue weighted by Gasteiger charge is 2.47. The zero-order valence-electron chi connectivity index (χ0n) is 13.8. The molecular weight excluding hydrogens is 292 g/mol. The monoisotopic (exact) mass is 316 g/mol. The summed E-state index contributed by atoms with van der Waals surface area (Å²) in [7, 11) is -1.31. The van der Waals surface area contributed by atoms with E-state index in [4.69, 9.17) is 0 Å². The molecule has 1 saturated carbocycles. The number of rotatable bonds is 3. The summed E-state index contributed by atoms with van der Waals surface area (Å²) in [4.78, 5) is 0. The lowest BCUT2D eigenvalue weighted by molar-refractivity contribution is 0.632. The van der Waals surface area contributed by atoms with Crippen molar-refractivity contribution in [1.29, 1.82) is 0 Å². The summed E-state index contributed by atoms with van der Waals surface area (Å²) in [6, 6.07) is 22.6. The van der Waals surface area contributed by atoms with Gasteiger partial charge in [0.25, 0.3) is 0 Å². The van der Waals surface area contributed by atoms with Gasteiger partial charge in [-0.25, -0.2) is 0 Å². The molecule has 0 bridgehead atoms. The van der Waals surface area contributed by atoms with Crippen LogP contribution in [0.15, 0.2) is 84.5 Å². The largest absolute Gasteiger partial charge is 0.112 e. The maximum Gasteiger partial charge on any atom is 0.112 e. The van der Waals surface area contributed by atoms with Gasteiger partial charge < -0.3 is 0 Å². The Bertz CT molecular complexity index is 690. The lowest BCUT2D eigenvalue weighted by Crippen LogP contribution is -2.51. The molecule has 0 nitrogen and oxygen atoms in total. The molecule has 2 unspecified atom stereocenters. The molecule has 2 atom stereocenters. The fourth-order valence-corrected chi connectivity index (χ4v) is 8.95. The van der Waals surface area contributed by atoms with Gasteiger partial charge in [0.1, 0.15) is 8.80 Å². The first-order chi connectivity index (χ1) is 11.3. The number of hydrogen-bond donors (Lipinski definition) is 0. The van der Waals surface area contributed by atoms with Crippen LogP contribution in [0.25, 0.3) is 0 Å². The van der Waals surface area contributed by atoms with Crippen molar-refractivity contribution in [2.45, 2.75) is 31.2 Å². The zero-order chi connectivity index (χ0) is 15.7. The molecule has 4 rings (SSSR count). The fraction of sp³-hybridized carbons (Fsp3) is 0.273. The molecule has 0 radical (unpaired) electrons. The Morgan fingerprint density at radius 2 is 1.52 bits per heavy atom. The molecule has 2 aliphatic carbocycles. The second kappa shape index (κ2) is 5.97. The molecule has 0 heterocycles. The summed E-state index contributed by atoms with van der Waals surface area (Å²) in [6.45, 7) is 2.55. The van der Waals surface area contributed by atoms with E-state index in [1.165, 1.54) is 19.3 Å². The number of hydrogen-bond acceptors (Lipinski definition) is 0. The molecule has 0 aliphatic heterocycles. The van der Waals surface area contributed by atoms with Gasteiger partial charge in [-0.2, -0.15) is 0 Å². The van der Waals surface area contributed by atoms with Crippen molar-refractivity contribution in [3.8, 4) is 0 Å². The predicted octanol–water partition coefficient (Wildman–Crippen LogP) is 4.08. The van der Waals surface area contributed by atoms with E-state index >= 15 is 0 Å². The molecule has 2 aromatic carbocycles. The van der Waals surface area contributed by atoms with Gasteiger partial charge in [0, 0.05) is 0 Å². The summed E-state index contributed by atoms with van der Waals surface area (Å²) in [5.74, 6) is 0.785. The minimum absolute atomic E-state index is 0.359. The van der Waals surface area contributed by atoms with Crippen LogP contribution in [0, 0.1) is 5.92 Å². The summed E-state index contributed by atoms with van der Waals surface area (Å²) in [5.41, 5.74) is 1.73. The van der Waals surface area contributed by atoms with Crippen LogP contribution in [0.5, 0.6) is 0 Å². The molecule has 0 spiro atoms. The molecule has 1 heteroatoms. The van der Waals surface area contributed by atoms with Gasteiger partial charge in [-0.05, 0) is 30.2 Å². The topological polar surface area (TPSA) is 0 Å². The molecule has 1 fully saturated rings. The highest BCUT2D eigenvalue weighted by Crippen LogP contribution is 2.55. The number of fused-ring (bicyclic) bond motifs is 1. The quantitative estimate of drug-likeness (QED) is 0.748. The SMILES string of the molecule is CC1([SiH](c2ccccc2)c2ccccc2)CCC2CC=CC=C21.